The second-order valence-corrected chi connectivity index (χ2v) is 7.10. The Kier molecular flexibility index (Phi) is 4.89. The van der Waals surface area contributed by atoms with E-state index in [1.54, 1.807) is 6.07 Å². The third kappa shape index (κ3) is 3.30. The largest absolute Gasteiger partial charge is 0.469 e. The fourth-order valence-electron chi connectivity index (χ4n) is 2.75. The minimum atomic E-state index is -0.215. The van der Waals surface area contributed by atoms with Gasteiger partial charge in [-0.15, -0.1) is 11.3 Å². The molecule has 0 aliphatic carbocycles. The molecule has 0 atom stereocenters. The normalized spacial score (nSPS) is 10.7. The van der Waals surface area contributed by atoms with Crippen LogP contribution in [0.15, 0.2) is 30.3 Å². The summed E-state index contributed by atoms with van der Waals surface area (Å²) in [4.78, 5) is 15.8. The van der Waals surface area contributed by atoms with E-state index in [0.29, 0.717) is 18.4 Å². The lowest BCUT2D eigenvalue weighted by Gasteiger charge is -2.04. The Morgan fingerprint density at radius 3 is 2.88 bits per heavy atom. The number of nitrogens with one attached hydrogen (secondary N) is 1. The standard InChI is InChI=1S/C18H15ClN2O2S/c1-23-17(22)4-2-3-12-13-9-11(10-20)5-6-14(13)21-18(12)15-7-8-16(19)24-15/h5-9,21H,2-4H2,1H3. The maximum Gasteiger partial charge on any atom is 0.305 e. The van der Waals surface area contributed by atoms with Crippen LogP contribution in [0.25, 0.3) is 21.5 Å². The predicted molar refractivity (Wildman–Crippen MR) is 96.3 cm³/mol. The molecule has 0 fully saturated rings. The monoisotopic (exact) mass is 358 g/mol. The van der Waals surface area contributed by atoms with E-state index in [1.807, 2.05) is 24.3 Å². The maximum atomic E-state index is 11.4. The second-order valence-electron chi connectivity index (χ2n) is 5.38. The van der Waals surface area contributed by atoms with E-state index in [9.17, 15) is 4.79 Å². The maximum absolute atomic E-state index is 11.4. The summed E-state index contributed by atoms with van der Waals surface area (Å²) in [6.07, 6.45) is 1.77. The lowest BCUT2D eigenvalue weighted by atomic mass is 10.0. The van der Waals surface area contributed by atoms with Crippen molar-refractivity contribution in [3.8, 4) is 16.6 Å². The van der Waals surface area contributed by atoms with E-state index in [2.05, 4.69) is 11.1 Å². The molecule has 24 heavy (non-hydrogen) atoms. The number of hydrogen-bond donors (Lipinski definition) is 1. The highest BCUT2D eigenvalue weighted by atomic mass is 35.5. The third-order valence-electron chi connectivity index (χ3n) is 3.89. The minimum Gasteiger partial charge on any atom is -0.469 e. The molecular formula is C18H15ClN2O2S. The van der Waals surface area contributed by atoms with Crippen molar-refractivity contribution in [1.29, 1.82) is 5.26 Å². The number of thiophene rings is 1. The molecular weight excluding hydrogens is 344 g/mol. The van der Waals surface area contributed by atoms with Gasteiger partial charge < -0.3 is 9.72 Å². The van der Waals surface area contributed by atoms with Gasteiger partial charge in [0.25, 0.3) is 0 Å². The first-order valence-electron chi connectivity index (χ1n) is 7.49. The molecule has 2 aromatic heterocycles. The number of aryl methyl sites for hydroxylation is 1. The molecule has 3 aromatic rings. The SMILES string of the molecule is COC(=O)CCCc1c(-c2ccc(Cl)s2)[nH]c2ccc(C#N)cc12. The van der Waals surface area contributed by atoms with Gasteiger partial charge in [-0.1, -0.05) is 11.6 Å². The molecule has 2 heterocycles. The van der Waals surface area contributed by atoms with Crippen LogP contribution < -0.4 is 0 Å². The highest BCUT2D eigenvalue weighted by Crippen LogP contribution is 2.37. The number of nitriles is 1. The molecule has 0 bridgehead atoms. The summed E-state index contributed by atoms with van der Waals surface area (Å²) in [5, 5.41) is 10.2. The Morgan fingerprint density at radius 2 is 2.21 bits per heavy atom. The molecule has 4 nitrogen and oxygen atoms in total. The van der Waals surface area contributed by atoms with Gasteiger partial charge in [-0.25, -0.2) is 0 Å². The zero-order valence-electron chi connectivity index (χ0n) is 13.1. The van der Waals surface area contributed by atoms with Crippen LogP contribution in [-0.2, 0) is 16.0 Å². The van der Waals surface area contributed by atoms with E-state index < -0.39 is 0 Å². The molecule has 0 amide bonds. The number of halogens is 1. The fourth-order valence-corrected chi connectivity index (χ4v) is 3.82. The average molecular weight is 359 g/mol. The number of esters is 1. The van der Waals surface area contributed by atoms with Crippen molar-refractivity contribution in [2.75, 3.05) is 7.11 Å². The van der Waals surface area contributed by atoms with Gasteiger partial charge in [-0.3, -0.25) is 4.79 Å². The molecule has 0 unspecified atom stereocenters. The number of fused-ring (bicyclic) bond motifs is 1. The molecule has 122 valence electrons. The number of hydrogen-bond acceptors (Lipinski definition) is 4. The van der Waals surface area contributed by atoms with Crippen LogP contribution in [0.2, 0.25) is 4.34 Å². The van der Waals surface area contributed by atoms with E-state index in [1.165, 1.54) is 18.4 Å². The van der Waals surface area contributed by atoms with Crippen LogP contribution in [-0.4, -0.2) is 18.1 Å². The Bertz CT molecular complexity index is 936. The van der Waals surface area contributed by atoms with Gasteiger partial charge >= 0.3 is 5.97 Å². The highest BCUT2D eigenvalue weighted by Gasteiger charge is 2.15. The third-order valence-corrected chi connectivity index (χ3v) is 5.14. The van der Waals surface area contributed by atoms with Crippen molar-refractivity contribution in [2.24, 2.45) is 0 Å². The summed E-state index contributed by atoms with van der Waals surface area (Å²) < 4.78 is 5.43. The second kappa shape index (κ2) is 7.08. The first-order valence-corrected chi connectivity index (χ1v) is 8.69. The van der Waals surface area contributed by atoms with Crippen molar-refractivity contribution >= 4 is 39.8 Å². The lowest BCUT2D eigenvalue weighted by Crippen LogP contribution is -2.00. The van der Waals surface area contributed by atoms with E-state index in [-0.39, 0.29) is 5.97 Å². The number of rotatable bonds is 5. The molecule has 0 saturated heterocycles. The first kappa shape index (κ1) is 16.6. The van der Waals surface area contributed by atoms with Crippen molar-refractivity contribution in [2.45, 2.75) is 19.3 Å². The van der Waals surface area contributed by atoms with Crippen LogP contribution in [0.1, 0.15) is 24.0 Å². The van der Waals surface area contributed by atoms with Crippen molar-refractivity contribution in [3.05, 3.63) is 45.8 Å². The van der Waals surface area contributed by atoms with Crippen LogP contribution in [0, 0.1) is 11.3 Å². The molecule has 1 aromatic carbocycles. The molecule has 0 spiro atoms. The summed E-state index contributed by atoms with van der Waals surface area (Å²) in [6.45, 7) is 0. The van der Waals surface area contributed by atoms with E-state index in [4.69, 9.17) is 21.6 Å². The van der Waals surface area contributed by atoms with Gasteiger partial charge in [0.15, 0.2) is 0 Å². The Hall–Kier alpha value is -2.29. The topological polar surface area (TPSA) is 65.9 Å². The van der Waals surface area contributed by atoms with Gasteiger partial charge in [-0.05, 0) is 48.7 Å². The molecule has 0 aliphatic rings. The van der Waals surface area contributed by atoms with Gasteiger partial charge in [0.05, 0.1) is 33.6 Å². The quantitative estimate of drug-likeness (QED) is 0.658. The van der Waals surface area contributed by atoms with Gasteiger partial charge in [0, 0.05) is 17.3 Å². The number of nitrogens with zero attached hydrogens (tertiary/aromatic N) is 1. The smallest absolute Gasteiger partial charge is 0.305 e. The lowest BCUT2D eigenvalue weighted by molar-refractivity contribution is -0.140. The Balaban J connectivity index is 2.03. The van der Waals surface area contributed by atoms with Gasteiger partial charge in [0.2, 0.25) is 0 Å². The molecule has 0 saturated carbocycles. The number of carbonyl (C=O) groups is 1. The number of ether oxygens (including phenoxy) is 1. The number of carbonyl (C=O) groups excluding carboxylic acids is 1. The van der Waals surface area contributed by atoms with Crippen LogP contribution in [0.3, 0.4) is 0 Å². The number of H-pyrrole nitrogens is 1. The van der Waals surface area contributed by atoms with Crippen LogP contribution in [0.5, 0.6) is 0 Å². The number of benzene rings is 1. The molecule has 3 rings (SSSR count). The zero-order valence-corrected chi connectivity index (χ0v) is 14.6. The van der Waals surface area contributed by atoms with Crippen molar-refractivity contribution < 1.29 is 9.53 Å². The summed E-state index contributed by atoms with van der Waals surface area (Å²) in [5.74, 6) is -0.215. The van der Waals surface area contributed by atoms with Crippen LogP contribution >= 0.6 is 22.9 Å². The van der Waals surface area contributed by atoms with E-state index in [0.717, 1.165) is 37.8 Å². The molecule has 1 N–H and O–H groups in total. The average Bonchev–Trinajstić information content (AvgIpc) is 3.17. The zero-order chi connectivity index (χ0) is 17.1. The number of aromatic amines is 1. The Morgan fingerprint density at radius 1 is 1.38 bits per heavy atom. The highest BCUT2D eigenvalue weighted by molar-refractivity contribution is 7.19. The fraction of sp³-hybridized carbons (Fsp3) is 0.222. The molecule has 0 radical (unpaired) electrons. The predicted octanol–water partition coefficient (Wildman–Crippen LogP) is 4.92. The number of methoxy groups -OCH3 is 1. The Labute approximate surface area is 148 Å². The van der Waals surface area contributed by atoms with Gasteiger partial charge in [0.1, 0.15) is 0 Å². The number of aromatic nitrogens is 1. The van der Waals surface area contributed by atoms with Crippen molar-refractivity contribution in [3.63, 3.8) is 0 Å². The summed E-state index contributed by atoms with van der Waals surface area (Å²) in [7, 11) is 1.40. The minimum absolute atomic E-state index is 0.215. The van der Waals surface area contributed by atoms with Crippen LogP contribution in [0.4, 0.5) is 0 Å². The summed E-state index contributed by atoms with van der Waals surface area (Å²) >= 11 is 7.58. The van der Waals surface area contributed by atoms with Gasteiger partial charge in [-0.2, -0.15) is 5.26 Å². The molecule has 0 aliphatic heterocycles. The summed E-state index contributed by atoms with van der Waals surface area (Å²) in [5.41, 5.74) is 3.69. The summed E-state index contributed by atoms with van der Waals surface area (Å²) in [6, 6.07) is 11.6. The van der Waals surface area contributed by atoms with E-state index >= 15 is 0 Å². The molecule has 6 heteroatoms. The first-order chi connectivity index (χ1) is 11.6. The van der Waals surface area contributed by atoms with Crippen molar-refractivity contribution in [1.82, 2.24) is 4.98 Å².